The van der Waals surface area contributed by atoms with Crippen LogP contribution in [0.1, 0.15) is 20.9 Å². The summed E-state index contributed by atoms with van der Waals surface area (Å²) in [7, 11) is 0. The Kier molecular flexibility index (Phi) is 5.88. The molecule has 1 saturated heterocycles. The molecule has 0 aliphatic carbocycles. The molecule has 0 saturated carbocycles. The molecule has 3 aromatic carbocycles. The normalized spacial score (nSPS) is 13.8. The van der Waals surface area contributed by atoms with E-state index in [1.54, 1.807) is 12.1 Å². The van der Waals surface area contributed by atoms with Crippen LogP contribution in [-0.2, 0) is 0 Å². The number of furan rings is 1. The second-order valence-corrected chi connectivity index (χ2v) is 8.75. The number of piperazine rings is 1. The number of anilines is 2. The lowest BCUT2D eigenvalue weighted by Gasteiger charge is -2.35. The van der Waals surface area contributed by atoms with Crippen LogP contribution < -0.4 is 10.2 Å². The highest BCUT2D eigenvalue weighted by atomic mass is 79.9. The van der Waals surface area contributed by atoms with Crippen molar-refractivity contribution in [1.29, 1.82) is 0 Å². The van der Waals surface area contributed by atoms with E-state index in [4.69, 9.17) is 4.42 Å². The molecule has 1 N–H and O–H groups in total. The second-order valence-electron chi connectivity index (χ2n) is 7.90. The molecule has 0 radical (unpaired) electrons. The summed E-state index contributed by atoms with van der Waals surface area (Å²) in [6.45, 7) is 2.75. The van der Waals surface area contributed by atoms with Gasteiger partial charge >= 0.3 is 0 Å². The van der Waals surface area contributed by atoms with E-state index in [0.29, 0.717) is 24.4 Å². The van der Waals surface area contributed by atoms with Crippen LogP contribution in [0.5, 0.6) is 0 Å². The number of amides is 2. The van der Waals surface area contributed by atoms with E-state index in [1.807, 2.05) is 65.6 Å². The van der Waals surface area contributed by atoms with Crippen LogP contribution in [0.25, 0.3) is 10.8 Å². The minimum Gasteiger partial charge on any atom is -0.459 e. The Bertz CT molecular complexity index is 1290. The molecule has 1 aromatic heterocycles. The highest BCUT2D eigenvalue weighted by Gasteiger charge is 2.23. The summed E-state index contributed by atoms with van der Waals surface area (Å²) in [6.07, 6.45) is 1.52. The average molecular weight is 504 g/mol. The van der Waals surface area contributed by atoms with Crippen molar-refractivity contribution in [3.05, 3.63) is 94.9 Å². The van der Waals surface area contributed by atoms with Gasteiger partial charge in [0.15, 0.2) is 5.76 Å². The largest absolute Gasteiger partial charge is 0.459 e. The maximum Gasteiger partial charge on any atom is 0.289 e. The molecule has 4 aromatic rings. The summed E-state index contributed by atoms with van der Waals surface area (Å²) in [4.78, 5) is 29.4. The van der Waals surface area contributed by atoms with Crippen molar-refractivity contribution in [2.45, 2.75) is 0 Å². The van der Waals surface area contributed by atoms with Crippen LogP contribution in [-0.4, -0.2) is 42.9 Å². The van der Waals surface area contributed by atoms with Crippen LogP contribution in [0.3, 0.4) is 0 Å². The van der Waals surface area contributed by atoms with Crippen molar-refractivity contribution in [2.24, 2.45) is 0 Å². The molecule has 1 fully saturated rings. The fourth-order valence-electron chi connectivity index (χ4n) is 4.15. The zero-order valence-electron chi connectivity index (χ0n) is 17.8. The second kappa shape index (κ2) is 9.11. The average Bonchev–Trinajstić information content (AvgIpc) is 3.39. The fraction of sp³-hybridized carbons (Fsp3) is 0.154. The number of hydrogen-bond acceptors (Lipinski definition) is 4. The Balaban J connectivity index is 1.23. The molecule has 0 atom stereocenters. The highest BCUT2D eigenvalue weighted by molar-refractivity contribution is 9.10. The summed E-state index contributed by atoms with van der Waals surface area (Å²) in [5.41, 5.74) is 2.43. The van der Waals surface area contributed by atoms with Gasteiger partial charge in [0.05, 0.1) is 6.26 Å². The maximum absolute atomic E-state index is 12.9. The van der Waals surface area contributed by atoms with E-state index in [-0.39, 0.29) is 11.8 Å². The standard InChI is InChI=1S/C26H22BrN3O3/c27-23-7-2-4-20-21(23)5-1-6-22(20)25(31)28-18-9-11-19(12-10-18)29-13-15-30(16-14-29)26(32)24-8-3-17-33-24/h1-12,17H,13-16H2,(H,28,31). The quantitative estimate of drug-likeness (QED) is 0.404. The molecule has 1 aliphatic heterocycles. The maximum atomic E-state index is 12.9. The van der Waals surface area contributed by atoms with Crippen LogP contribution in [0.4, 0.5) is 11.4 Å². The first-order valence-corrected chi connectivity index (χ1v) is 11.6. The zero-order valence-corrected chi connectivity index (χ0v) is 19.4. The van der Waals surface area contributed by atoms with Crippen molar-refractivity contribution in [2.75, 3.05) is 36.4 Å². The molecule has 166 valence electrons. The van der Waals surface area contributed by atoms with E-state index in [0.717, 1.165) is 39.7 Å². The van der Waals surface area contributed by atoms with Gasteiger partial charge in [-0.25, -0.2) is 0 Å². The number of carbonyl (C=O) groups excluding carboxylic acids is 2. The van der Waals surface area contributed by atoms with Gasteiger partial charge in [0.1, 0.15) is 0 Å². The van der Waals surface area contributed by atoms with Crippen LogP contribution in [0.2, 0.25) is 0 Å². The molecule has 5 rings (SSSR count). The lowest BCUT2D eigenvalue weighted by atomic mass is 10.0. The third-order valence-electron chi connectivity index (χ3n) is 5.90. The first-order valence-electron chi connectivity index (χ1n) is 10.8. The van der Waals surface area contributed by atoms with Crippen molar-refractivity contribution >= 4 is 49.9 Å². The number of halogens is 1. The number of fused-ring (bicyclic) bond motifs is 1. The van der Waals surface area contributed by atoms with Gasteiger partial charge in [0.25, 0.3) is 11.8 Å². The number of rotatable bonds is 4. The van der Waals surface area contributed by atoms with E-state index < -0.39 is 0 Å². The van der Waals surface area contributed by atoms with Gasteiger partial charge < -0.3 is 19.5 Å². The molecule has 0 bridgehead atoms. The smallest absolute Gasteiger partial charge is 0.289 e. The first-order chi connectivity index (χ1) is 16.1. The van der Waals surface area contributed by atoms with Crippen molar-refractivity contribution in [1.82, 2.24) is 4.90 Å². The number of carbonyl (C=O) groups is 2. The summed E-state index contributed by atoms with van der Waals surface area (Å²) >= 11 is 3.55. The molecular formula is C26H22BrN3O3. The lowest BCUT2D eigenvalue weighted by Crippen LogP contribution is -2.48. The molecule has 33 heavy (non-hydrogen) atoms. The van der Waals surface area contributed by atoms with Crippen molar-refractivity contribution in [3.63, 3.8) is 0 Å². The Morgan fingerprint density at radius 1 is 0.818 bits per heavy atom. The number of benzene rings is 3. The van der Waals surface area contributed by atoms with Gasteiger partial charge in [0, 0.05) is 47.6 Å². The SMILES string of the molecule is O=C(Nc1ccc(N2CCN(C(=O)c3ccco3)CC2)cc1)c1cccc2c(Br)cccc12. The van der Waals surface area contributed by atoms with Gasteiger partial charge in [-0.05, 0) is 59.3 Å². The third-order valence-corrected chi connectivity index (χ3v) is 6.59. The Morgan fingerprint density at radius 2 is 1.55 bits per heavy atom. The van der Waals surface area contributed by atoms with Gasteiger partial charge in [-0.2, -0.15) is 0 Å². The molecule has 6 nitrogen and oxygen atoms in total. The Hall–Kier alpha value is -3.58. The molecule has 0 unspecified atom stereocenters. The van der Waals surface area contributed by atoms with Gasteiger partial charge in [-0.1, -0.05) is 40.2 Å². The molecule has 7 heteroatoms. The van der Waals surface area contributed by atoms with Gasteiger partial charge in [-0.15, -0.1) is 0 Å². The minimum atomic E-state index is -0.142. The van der Waals surface area contributed by atoms with Crippen LogP contribution in [0.15, 0.2) is 87.9 Å². The molecule has 2 amide bonds. The Labute approximate surface area is 199 Å². The fourth-order valence-corrected chi connectivity index (χ4v) is 4.65. The summed E-state index contributed by atoms with van der Waals surface area (Å²) < 4.78 is 6.19. The zero-order chi connectivity index (χ0) is 22.8. The monoisotopic (exact) mass is 503 g/mol. The van der Waals surface area contributed by atoms with E-state index in [1.165, 1.54) is 6.26 Å². The van der Waals surface area contributed by atoms with E-state index in [9.17, 15) is 9.59 Å². The number of hydrogen-bond donors (Lipinski definition) is 1. The van der Waals surface area contributed by atoms with Crippen LogP contribution in [0, 0.1) is 0 Å². The van der Waals surface area contributed by atoms with E-state index in [2.05, 4.69) is 26.1 Å². The highest BCUT2D eigenvalue weighted by Crippen LogP contribution is 2.27. The van der Waals surface area contributed by atoms with Crippen molar-refractivity contribution < 1.29 is 14.0 Å². The number of nitrogens with one attached hydrogen (secondary N) is 1. The molecule has 1 aliphatic rings. The predicted octanol–water partition coefficient (Wildman–Crippen LogP) is 5.41. The Morgan fingerprint density at radius 3 is 2.27 bits per heavy atom. The molecule has 0 spiro atoms. The predicted molar refractivity (Wildman–Crippen MR) is 133 cm³/mol. The topological polar surface area (TPSA) is 65.8 Å². The minimum absolute atomic E-state index is 0.0711. The summed E-state index contributed by atoms with van der Waals surface area (Å²) in [6, 6.07) is 22.8. The number of nitrogens with zero attached hydrogens (tertiary/aromatic N) is 2. The van der Waals surface area contributed by atoms with Crippen LogP contribution >= 0.6 is 15.9 Å². The lowest BCUT2D eigenvalue weighted by molar-refractivity contribution is 0.0714. The van der Waals surface area contributed by atoms with Gasteiger partial charge in [-0.3, -0.25) is 9.59 Å². The van der Waals surface area contributed by atoms with Crippen molar-refractivity contribution in [3.8, 4) is 0 Å². The van der Waals surface area contributed by atoms with E-state index >= 15 is 0 Å². The molecular weight excluding hydrogens is 482 g/mol. The summed E-state index contributed by atoms with van der Waals surface area (Å²) in [5.74, 6) is 0.164. The molecule has 2 heterocycles. The first kappa shape index (κ1) is 21.3. The summed E-state index contributed by atoms with van der Waals surface area (Å²) in [5, 5.41) is 4.91. The van der Waals surface area contributed by atoms with Gasteiger partial charge in [0.2, 0.25) is 0 Å². The third kappa shape index (κ3) is 4.36.